The SMILES string of the molecule is COc1ccc2nc(NC(=O)/C=C/c3ccc(-c4ccc(C)c(Cl)c4)o3)sc2c1. The lowest BCUT2D eigenvalue weighted by atomic mass is 10.1. The molecule has 0 unspecified atom stereocenters. The Labute approximate surface area is 176 Å². The number of anilines is 1. The van der Waals surface area contributed by atoms with E-state index < -0.39 is 0 Å². The van der Waals surface area contributed by atoms with E-state index in [-0.39, 0.29) is 5.91 Å². The summed E-state index contributed by atoms with van der Waals surface area (Å²) in [5.74, 6) is 1.72. The molecule has 0 atom stereocenters. The number of aromatic nitrogens is 1. The van der Waals surface area contributed by atoms with Crippen LogP contribution in [0.5, 0.6) is 5.75 Å². The van der Waals surface area contributed by atoms with Crippen LogP contribution < -0.4 is 10.1 Å². The molecule has 0 saturated heterocycles. The van der Waals surface area contributed by atoms with Crippen LogP contribution >= 0.6 is 22.9 Å². The number of halogens is 1. The van der Waals surface area contributed by atoms with Gasteiger partial charge in [-0.05, 0) is 55.0 Å². The first-order valence-electron chi connectivity index (χ1n) is 8.82. The first-order chi connectivity index (χ1) is 14.0. The third-order valence-electron chi connectivity index (χ3n) is 4.31. The number of amides is 1. The lowest BCUT2D eigenvalue weighted by molar-refractivity contribution is -0.111. The van der Waals surface area contributed by atoms with Crippen LogP contribution in [0, 0.1) is 6.92 Å². The van der Waals surface area contributed by atoms with E-state index >= 15 is 0 Å². The Hall–Kier alpha value is -3.09. The van der Waals surface area contributed by atoms with E-state index in [0.717, 1.165) is 27.1 Å². The number of benzene rings is 2. The summed E-state index contributed by atoms with van der Waals surface area (Å²) in [6, 6.07) is 15.0. The quantitative estimate of drug-likeness (QED) is 0.388. The van der Waals surface area contributed by atoms with Gasteiger partial charge in [0.1, 0.15) is 17.3 Å². The van der Waals surface area contributed by atoms with Crippen molar-refractivity contribution in [2.45, 2.75) is 6.92 Å². The topological polar surface area (TPSA) is 64.4 Å². The summed E-state index contributed by atoms with van der Waals surface area (Å²) in [4.78, 5) is 16.6. The largest absolute Gasteiger partial charge is 0.497 e. The van der Waals surface area contributed by atoms with Gasteiger partial charge in [-0.2, -0.15) is 0 Å². The monoisotopic (exact) mass is 424 g/mol. The summed E-state index contributed by atoms with van der Waals surface area (Å²) in [5.41, 5.74) is 2.70. The summed E-state index contributed by atoms with van der Waals surface area (Å²) in [5, 5.41) is 3.98. The van der Waals surface area contributed by atoms with E-state index in [9.17, 15) is 4.79 Å². The normalized spacial score (nSPS) is 11.3. The molecule has 29 heavy (non-hydrogen) atoms. The van der Waals surface area contributed by atoms with Gasteiger partial charge < -0.3 is 9.15 Å². The molecule has 0 spiro atoms. The second-order valence-corrected chi connectivity index (χ2v) is 7.78. The molecular weight excluding hydrogens is 408 g/mol. The van der Waals surface area contributed by atoms with E-state index in [1.807, 2.05) is 49.4 Å². The molecule has 0 bridgehead atoms. The van der Waals surface area contributed by atoms with Crippen LogP contribution in [0.2, 0.25) is 5.02 Å². The molecule has 1 amide bonds. The number of thiazole rings is 1. The van der Waals surface area contributed by atoms with Crippen LogP contribution in [0.3, 0.4) is 0 Å². The van der Waals surface area contributed by atoms with Crippen LogP contribution in [0.15, 0.2) is 59.0 Å². The fourth-order valence-corrected chi connectivity index (χ4v) is 3.81. The van der Waals surface area contributed by atoms with Crippen molar-refractivity contribution in [3.63, 3.8) is 0 Å². The Morgan fingerprint density at radius 1 is 1.21 bits per heavy atom. The molecule has 0 fully saturated rings. The predicted molar refractivity (Wildman–Crippen MR) is 118 cm³/mol. The maximum atomic E-state index is 12.2. The maximum absolute atomic E-state index is 12.2. The molecule has 5 nitrogen and oxygen atoms in total. The summed E-state index contributed by atoms with van der Waals surface area (Å²) < 4.78 is 11.9. The molecule has 4 rings (SSSR count). The molecule has 4 aromatic rings. The number of fused-ring (bicyclic) bond motifs is 1. The molecule has 0 aliphatic heterocycles. The first-order valence-corrected chi connectivity index (χ1v) is 10.0. The van der Waals surface area contributed by atoms with Crippen molar-refractivity contribution >= 4 is 50.3 Å². The zero-order chi connectivity index (χ0) is 20.4. The molecule has 0 saturated carbocycles. The van der Waals surface area contributed by atoms with Crippen molar-refractivity contribution in [3.8, 4) is 17.1 Å². The van der Waals surface area contributed by atoms with Gasteiger partial charge >= 0.3 is 0 Å². The van der Waals surface area contributed by atoms with Crippen LogP contribution in [-0.4, -0.2) is 18.0 Å². The molecule has 2 aromatic heterocycles. The Bertz CT molecular complexity index is 1230. The number of methoxy groups -OCH3 is 1. The third kappa shape index (κ3) is 4.34. The van der Waals surface area contributed by atoms with Crippen molar-refractivity contribution in [1.29, 1.82) is 0 Å². The summed E-state index contributed by atoms with van der Waals surface area (Å²) in [6.45, 7) is 1.95. The van der Waals surface area contributed by atoms with Gasteiger partial charge in [-0.15, -0.1) is 0 Å². The number of carbonyl (C=O) groups excluding carboxylic acids is 1. The highest BCUT2D eigenvalue weighted by molar-refractivity contribution is 7.22. The highest BCUT2D eigenvalue weighted by Gasteiger charge is 2.08. The Kier molecular flexibility index (Phi) is 5.38. The van der Waals surface area contributed by atoms with Crippen molar-refractivity contribution in [1.82, 2.24) is 4.98 Å². The highest BCUT2D eigenvalue weighted by Crippen LogP contribution is 2.29. The number of nitrogens with one attached hydrogen (secondary N) is 1. The number of hydrogen-bond donors (Lipinski definition) is 1. The van der Waals surface area contributed by atoms with E-state index in [1.165, 1.54) is 17.4 Å². The minimum Gasteiger partial charge on any atom is -0.497 e. The molecule has 7 heteroatoms. The van der Waals surface area contributed by atoms with Crippen molar-refractivity contribution in [3.05, 3.63) is 71.0 Å². The zero-order valence-corrected chi connectivity index (χ0v) is 17.3. The molecule has 1 N–H and O–H groups in total. The molecule has 0 aliphatic carbocycles. The number of nitrogens with zero attached hydrogens (tertiary/aromatic N) is 1. The first kappa shape index (κ1) is 19.2. The molecule has 146 valence electrons. The lowest BCUT2D eigenvalue weighted by Gasteiger charge is -2.00. The van der Waals surface area contributed by atoms with Crippen molar-refractivity contribution in [2.75, 3.05) is 12.4 Å². The number of hydrogen-bond acceptors (Lipinski definition) is 5. The van der Waals surface area contributed by atoms with Gasteiger partial charge in [0, 0.05) is 16.7 Å². The summed E-state index contributed by atoms with van der Waals surface area (Å²) in [6.07, 6.45) is 3.03. The fourth-order valence-electron chi connectivity index (χ4n) is 2.73. The second-order valence-electron chi connectivity index (χ2n) is 6.34. The summed E-state index contributed by atoms with van der Waals surface area (Å²) in [7, 11) is 1.61. The van der Waals surface area contributed by atoms with E-state index in [1.54, 1.807) is 19.3 Å². The van der Waals surface area contributed by atoms with Crippen LogP contribution in [0.25, 0.3) is 27.6 Å². The van der Waals surface area contributed by atoms with Gasteiger partial charge in [-0.1, -0.05) is 35.1 Å². The van der Waals surface area contributed by atoms with Gasteiger partial charge in [0.15, 0.2) is 5.13 Å². The number of aryl methyl sites for hydroxylation is 1. The van der Waals surface area contributed by atoms with Gasteiger partial charge in [-0.25, -0.2) is 4.98 Å². The van der Waals surface area contributed by atoms with Gasteiger partial charge in [0.2, 0.25) is 5.91 Å². The Morgan fingerprint density at radius 2 is 2.07 bits per heavy atom. The number of rotatable bonds is 5. The predicted octanol–water partition coefficient (Wildman–Crippen LogP) is 6.18. The van der Waals surface area contributed by atoms with Crippen LogP contribution in [0.1, 0.15) is 11.3 Å². The van der Waals surface area contributed by atoms with Crippen molar-refractivity contribution < 1.29 is 13.9 Å². The smallest absolute Gasteiger partial charge is 0.250 e. The number of ether oxygens (including phenoxy) is 1. The van der Waals surface area contributed by atoms with Crippen LogP contribution in [0.4, 0.5) is 5.13 Å². The van der Waals surface area contributed by atoms with Gasteiger partial charge in [0.25, 0.3) is 0 Å². The lowest BCUT2D eigenvalue weighted by Crippen LogP contribution is -2.07. The second kappa shape index (κ2) is 8.11. The fraction of sp³-hybridized carbons (Fsp3) is 0.0909. The van der Waals surface area contributed by atoms with E-state index in [2.05, 4.69) is 10.3 Å². The van der Waals surface area contributed by atoms with E-state index in [4.69, 9.17) is 20.8 Å². The Morgan fingerprint density at radius 3 is 2.86 bits per heavy atom. The minimum absolute atomic E-state index is 0.285. The van der Waals surface area contributed by atoms with Crippen LogP contribution in [-0.2, 0) is 4.79 Å². The molecule has 2 aromatic carbocycles. The molecule has 2 heterocycles. The summed E-state index contributed by atoms with van der Waals surface area (Å²) >= 11 is 7.56. The Balaban J connectivity index is 1.44. The number of carbonyl (C=O) groups is 1. The average Bonchev–Trinajstić information content (AvgIpc) is 3.34. The third-order valence-corrected chi connectivity index (χ3v) is 5.65. The van der Waals surface area contributed by atoms with Crippen molar-refractivity contribution in [2.24, 2.45) is 0 Å². The molecular formula is C22H17ClN2O3S. The molecule has 0 radical (unpaired) electrons. The number of furan rings is 1. The van der Waals surface area contributed by atoms with Gasteiger partial charge in [0.05, 0.1) is 17.3 Å². The zero-order valence-electron chi connectivity index (χ0n) is 15.7. The molecule has 0 aliphatic rings. The standard InChI is InChI=1S/C22H17ClN2O3S/c1-13-3-4-14(11-17(13)23)19-9-6-15(28-19)7-10-21(26)25-22-24-18-8-5-16(27-2)12-20(18)29-22/h3-12H,1-2H3,(H,24,25,26)/b10-7+. The maximum Gasteiger partial charge on any atom is 0.250 e. The average molecular weight is 425 g/mol. The highest BCUT2D eigenvalue weighted by atomic mass is 35.5. The van der Waals surface area contributed by atoms with Gasteiger partial charge in [-0.3, -0.25) is 10.1 Å². The minimum atomic E-state index is -0.285. The van der Waals surface area contributed by atoms with E-state index in [0.29, 0.717) is 21.7 Å².